The van der Waals surface area contributed by atoms with Crippen molar-refractivity contribution in [3.63, 3.8) is 0 Å². The van der Waals surface area contributed by atoms with E-state index in [1.54, 1.807) is 12.1 Å². The monoisotopic (exact) mass is 395 g/mol. The van der Waals surface area contributed by atoms with Crippen molar-refractivity contribution in [1.29, 1.82) is 0 Å². The number of nitrogens with zero attached hydrogens (tertiary/aromatic N) is 1. The number of hydrogen-bond donors (Lipinski definition) is 0. The fourth-order valence-electron chi connectivity index (χ4n) is 2.62. The maximum Gasteiger partial charge on any atom is 0.187 e. The molecule has 150 valence electrons. The van der Waals surface area contributed by atoms with Crippen LogP contribution in [0.2, 0.25) is 0 Å². The summed E-state index contributed by atoms with van der Waals surface area (Å²) in [6.45, 7) is 13.0. The molecular weight excluding hydrogens is 369 g/mol. The average molecular weight is 396 g/mol. The van der Waals surface area contributed by atoms with Crippen molar-refractivity contribution in [2.75, 3.05) is 0 Å². The summed E-state index contributed by atoms with van der Waals surface area (Å²) in [7, 11) is 0. The Balaban J connectivity index is 0.000000179. The normalized spacial score (nSPS) is 9.30. The van der Waals surface area contributed by atoms with E-state index in [-0.39, 0.29) is 5.82 Å². The third kappa shape index (κ3) is 8.12. The van der Waals surface area contributed by atoms with Gasteiger partial charge in [0.1, 0.15) is 5.82 Å². The van der Waals surface area contributed by atoms with E-state index in [1.165, 1.54) is 28.8 Å². The fraction of sp³-hybridized carbons (Fsp3) is 0.107. The molecule has 0 unspecified atom stereocenters. The van der Waals surface area contributed by atoms with E-state index < -0.39 is 0 Å². The van der Waals surface area contributed by atoms with Crippen LogP contribution in [0.4, 0.5) is 10.1 Å². The predicted molar refractivity (Wildman–Crippen MR) is 125 cm³/mol. The van der Waals surface area contributed by atoms with Crippen LogP contribution < -0.4 is 0 Å². The lowest BCUT2D eigenvalue weighted by molar-refractivity contribution is 0.627. The molecule has 0 aliphatic heterocycles. The van der Waals surface area contributed by atoms with Gasteiger partial charge >= 0.3 is 0 Å². The molecular formula is C28H26FN. The third-order valence-electron chi connectivity index (χ3n) is 4.30. The zero-order valence-corrected chi connectivity index (χ0v) is 17.6. The maximum atomic E-state index is 12.1. The number of hydrogen-bond acceptors (Lipinski definition) is 0. The quantitative estimate of drug-likeness (QED) is 0.285. The summed E-state index contributed by atoms with van der Waals surface area (Å²) in [6, 6.07) is 32.7. The molecule has 1 nitrogen and oxygen atoms in total. The Labute approximate surface area is 179 Å². The Morgan fingerprint density at radius 3 is 1.60 bits per heavy atom. The van der Waals surface area contributed by atoms with E-state index in [2.05, 4.69) is 49.0 Å². The van der Waals surface area contributed by atoms with Crippen LogP contribution in [0.5, 0.6) is 0 Å². The lowest BCUT2D eigenvalue weighted by Crippen LogP contribution is -1.78. The highest BCUT2D eigenvalue weighted by molar-refractivity contribution is 5.66. The first-order valence-electron chi connectivity index (χ1n) is 9.76. The first-order valence-corrected chi connectivity index (χ1v) is 9.76. The summed E-state index contributed by atoms with van der Waals surface area (Å²) in [6.07, 6.45) is 0. The van der Waals surface area contributed by atoms with Crippen molar-refractivity contribution in [2.24, 2.45) is 0 Å². The summed E-state index contributed by atoms with van der Waals surface area (Å²) >= 11 is 0. The molecule has 4 aromatic carbocycles. The van der Waals surface area contributed by atoms with E-state index in [0.29, 0.717) is 5.69 Å². The lowest BCUT2D eigenvalue weighted by atomic mass is 10.0. The molecule has 0 spiro atoms. The Kier molecular flexibility index (Phi) is 9.03. The van der Waals surface area contributed by atoms with E-state index in [0.717, 1.165) is 11.1 Å². The molecule has 0 aliphatic carbocycles. The van der Waals surface area contributed by atoms with Crippen LogP contribution in [-0.4, -0.2) is 0 Å². The highest BCUT2D eigenvalue weighted by atomic mass is 19.1. The van der Waals surface area contributed by atoms with Gasteiger partial charge in [0.05, 0.1) is 6.57 Å². The van der Waals surface area contributed by atoms with Gasteiger partial charge in [-0.05, 0) is 44.0 Å². The van der Waals surface area contributed by atoms with E-state index in [9.17, 15) is 4.39 Å². The molecule has 4 aromatic rings. The molecule has 0 saturated carbocycles. The van der Waals surface area contributed by atoms with Gasteiger partial charge in [0.15, 0.2) is 5.69 Å². The Morgan fingerprint density at radius 2 is 1.13 bits per heavy atom. The van der Waals surface area contributed by atoms with Crippen LogP contribution in [0.1, 0.15) is 16.7 Å². The van der Waals surface area contributed by atoms with Crippen molar-refractivity contribution in [3.8, 4) is 11.1 Å². The van der Waals surface area contributed by atoms with Crippen LogP contribution in [0, 0.1) is 33.2 Å². The molecule has 0 atom stereocenters. The minimum Gasteiger partial charge on any atom is -0.238 e. The smallest absolute Gasteiger partial charge is 0.187 e. The fourth-order valence-corrected chi connectivity index (χ4v) is 2.62. The molecule has 0 bridgehead atoms. The van der Waals surface area contributed by atoms with Crippen LogP contribution in [0.25, 0.3) is 16.0 Å². The largest absolute Gasteiger partial charge is 0.238 e. The van der Waals surface area contributed by atoms with E-state index in [4.69, 9.17) is 6.57 Å². The molecule has 0 N–H and O–H groups in total. The SMILES string of the molecule is Cc1ccc(F)cc1.Cc1ccccc1.[C-]#[N+]c1ccc(-c2cccc(C)c2)cc1. The Hall–Kier alpha value is -3.70. The van der Waals surface area contributed by atoms with Crippen LogP contribution in [0.3, 0.4) is 0 Å². The summed E-state index contributed by atoms with van der Waals surface area (Å²) in [5.41, 5.74) is 6.71. The standard InChI is InChI=1S/C14H11N.C7H7F.C7H8/c1-11-4-3-5-13(10-11)12-6-8-14(15-2)9-7-12;1-6-2-4-7(8)5-3-6;1-7-5-3-2-4-6-7/h3-10H,1H3;2-5H,1H3;2-6H,1H3. The van der Waals surface area contributed by atoms with Crippen LogP contribution >= 0.6 is 0 Å². The second-order valence-electron chi connectivity index (χ2n) is 6.98. The van der Waals surface area contributed by atoms with Gasteiger partial charge in [-0.2, -0.15) is 0 Å². The van der Waals surface area contributed by atoms with Gasteiger partial charge in [0.25, 0.3) is 0 Å². The number of halogens is 1. The molecule has 0 aliphatic rings. The van der Waals surface area contributed by atoms with Crippen molar-refractivity contribution < 1.29 is 4.39 Å². The number of benzene rings is 4. The van der Waals surface area contributed by atoms with Crippen molar-refractivity contribution in [1.82, 2.24) is 0 Å². The van der Waals surface area contributed by atoms with Gasteiger partial charge in [-0.1, -0.05) is 108 Å². The highest BCUT2D eigenvalue weighted by Gasteiger charge is 1.97. The Bertz CT molecular complexity index is 1040. The molecule has 4 rings (SSSR count). The van der Waals surface area contributed by atoms with Crippen molar-refractivity contribution in [3.05, 3.63) is 137 Å². The van der Waals surface area contributed by atoms with Crippen LogP contribution in [0.15, 0.2) is 103 Å². The molecule has 0 heterocycles. The first-order chi connectivity index (χ1) is 14.5. The molecule has 0 amide bonds. The average Bonchev–Trinajstić information content (AvgIpc) is 2.77. The number of aryl methyl sites for hydroxylation is 3. The van der Waals surface area contributed by atoms with Crippen LogP contribution in [-0.2, 0) is 0 Å². The summed E-state index contributed by atoms with van der Waals surface area (Å²) in [4.78, 5) is 3.37. The zero-order chi connectivity index (χ0) is 21.8. The third-order valence-corrected chi connectivity index (χ3v) is 4.30. The molecule has 30 heavy (non-hydrogen) atoms. The van der Waals surface area contributed by atoms with Crippen molar-refractivity contribution >= 4 is 5.69 Å². The van der Waals surface area contributed by atoms with Gasteiger partial charge in [-0.3, -0.25) is 0 Å². The number of rotatable bonds is 1. The lowest BCUT2D eigenvalue weighted by Gasteiger charge is -2.02. The molecule has 0 saturated heterocycles. The molecule has 0 radical (unpaired) electrons. The predicted octanol–water partition coefficient (Wildman–Crippen LogP) is 8.34. The Morgan fingerprint density at radius 1 is 0.567 bits per heavy atom. The summed E-state index contributed by atoms with van der Waals surface area (Å²) < 4.78 is 12.1. The van der Waals surface area contributed by atoms with Gasteiger partial charge < -0.3 is 0 Å². The second-order valence-corrected chi connectivity index (χ2v) is 6.98. The topological polar surface area (TPSA) is 4.36 Å². The minimum atomic E-state index is -0.171. The van der Waals surface area contributed by atoms with Crippen molar-refractivity contribution in [2.45, 2.75) is 20.8 Å². The highest BCUT2D eigenvalue weighted by Crippen LogP contribution is 2.23. The second kappa shape index (κ2) is 12.0. The van der Waals surface area contributed by atoms with E-state index in [1.807, 2.05) is 55.5 Å². The maximum absolute atomic E-state index is 12.1. The first kappa shape index (κ1) is 22.6. The van der Waals surface area contributed by atoms with Gasteiger partial charge in [0, 0.05) is 0 Å². The van der Waals surface area contributed by atoms with Gasteiger partial charge in [0.2, 0.25) is 0 Å². The van der Waals surface area contributed by atoms with Gasteiger partial charge in [-0.15, -0.1) is 0 Å². The summed E-state index contributed by atoms with van der Waals surface area (Å²) in [5.74, 6) is -0.171. The van der Waals surface area contributed by atoms with E-state index >= 15 is 0 Å². The zero-order valence-electron chi connectivity index (χ0n) is 17.6. The minimum absolute atomic E-state index is 0.171. The van der Waals surface area contributed by atoms with Gasteiger partial charge in [-0.25, -0.2) is 9.24 Å². The molecule has 0 fully saturated rings. The summed E-state index contributed by atoms with van der Waals surface area (Å²) in [5, 5.41) is 0. The molecule has 0 aromatic heterocycles. The molecule has 2 heteroatoms.